The summed E-state index contributed by atoms with van der Waals surface area (Å²) < 4.78 is 11.4. The topological polar surface area (TPSA) is 59.1 Å². The first-order valence-corrected chi connectivity index (χ1v) is 16.4. The fraction of sp³-hybridized carbons (Fsp3) is 0.611. The Bertz CT molecular complexity index is 930. The van der Waals surface area contributed by atoms with E-state index in [1.54, 1.807) is 0 Å². The molecule has 0 aliphatic heterocycles. The Hall–Kier alpha value is -2.70. The van der Waals surface area contributed by atoms with E-state index in [0.717, 1.165) is 100 Å². The second kappa shape index (κ2) is 20.2. The molecule has 0 saturated heterocycles. The van der Waals surface area contributed by atoms with Gasteiger partial charge in [-0.1, -0.05) is 54.4 Å². The molecule has 42 heavy (non-hydrogen) atoms. The highest BCUT2D eigenvalue weighted by Gasteiger charge is 2.25. The highest BCUT2D eigenvalue weighted by molar-refractivity contribution is 5.98. The van der Waals surface area contributed by atoms with Gasteiger partial charge >= 0.3 is 0 Å². The third kappa shape index (κ3) is 11.9. The van der Waals surface area contributed by atoms with Crippen LogP contribution in [0.15, 0.2) is 48.5 Å². The SMILES string of the molecule is CCCOc1ccc(C(=O)[C@H](CCCC[C@@H](CN(CC)CC)C(=O)c2ccc(OCCC)cc2)CN(CC)CC)cc1. The third-order valence-electron chi connectivity index (χ3n) is 8.07. The highest BCUT2D eigenvalue weighted by Crippen LogP contribution is 2.24. The predicted molar refractivity (Wildman–Crippen MR) is 174 cm³/mol. The van der Waals surface area contributed by atoms with Crippen LogP contribution in [0.2, 0.25) is 0 Å². The van der Waals surface area contributed by atoms with Crippen LogP contribution >= 0.6 is 0 Å². The monoisotopic (exact) mass is 580 g/mol. The Morgan fingerprint density at radius 1 is 0.571 bits per heavy atom. The number of hydrogen-bond acceptors (Lipinski definition) is 6. The molecule has 2 rings (SSSR count). The Kier molecular flexibility index (Phi) is 17.1. The van der Waals surface area contributed by atoms with Crippen LogP contribution in [0.25, 0.3) is 0 Å². The lowest BCUT2D eigenvalue weighted by Crippen LogP contribution is -2.34. The van der Waals surface area contributed by atoms with Crippen LogP contribution in [-0.2, 0) is 0 Å². The summed E-state index contributed by atoms with van der Waals surface area (Å²) in [5.41, 5.74) is 1.49. The van der Waals surface area contributed by atoms with Crippen molar-refractivity contribution in [1.82, 2.24) is 9.80 Å². The van der Waals surface area contributed by atoms with E-state index in [-0.39, 0.29) is 23.4 Å². The van der Waals surface area contributed by atoms with Crippen molar-refractivity contribution in [2.75, 3.05) is 52.5 Å². The number of carbonyl (C=O) groups is 2. The molecular weight excluding hydrogens is 524 g/mol. The molecule has 0 aliphatic carbocycles. The van der Waals surface area contributed by atoms with E-state index in [1.165, 1.54) is 0 Å². The molecule has 0 radical (unpaired) electrons. The summed E-state index contributed by atoms with van der Waals surface area (Å²) in [4.78, 5) is 31.9. The minimum absolute atomic E-state index is 0.0695. The maximum atomic E-state index is 13.6. The summed E-state index contributed by atoms with van der Waals surface area (Å²) in [5, 5.41) is 0. The largest absolute Gasteiger partial charge is 0.494 e. The number of hydrogen-bond donors (Lipinski definition) is 0. The van der Waals surface area contributed by atoms with Crippen LogP contribution in [0.1, 0.15) is 101 Å². The van der Waals surface area contributed by atoms with Crippen molar-refractivity contribution >= 4 is 11.6 Å². The Morgan fingerprint density at radius 2 is 0.905 bits per heavy atom. The first-order valence-electron chi connectivity index (χ1n) is 16.4. The molecule has 0 bridgehead atoms. The van der Waals surface area contributed by atoms with E-state index in [2.05, 4.69) is 51.3 Å². The Morgan fingerprint density at radius 3 is 1.19 bits per heavy atom. The van der Waals surface area contributed by atoms with Crippen molar-refractivity contribution in [3.05, 3.63) is 59.7 Å². The quantitative estimate of drug-likeness (QED) is 0.0987. The number of unbranched alkanes of at least 4 members (excludes halogenated alkanes) is 1. The molecule has 0 heterocycles. The van der Waals surface area contributed by atoms with E-state index >= 15 is 0 Å². The Balaban J connectivity index is 2.09. The van der Waals surface area contributed by atoms with Gasteiger partial charge in [0.25, 0.3) is 0 Å². The smallest absolute Gasteiger partial charge is 0.167 e. The molecule has 6 heteroatoms. The van der Waals surface area contributed by atoms with Gasteiger partial charge in [-0.05, 0) is 100 Å². The van der Waals surface area contributed by atoms with Gasteiger partial charge in [0.05, 0.1) is 13.2 Å². The molecule has 0 saturated carbocycles. The van der Waals surface area contributed by atoms with E-state index in [4.69, 9.17) is 9.47 Å². The number of Topliss-reactive ketones (excluding diaryl/α,β-unsaturated/α-hetero) is 2. The van der Waals surface area contributed by atoms with Crippen LogP contribution in [-0.4, -0.2) is 73.8 Å². The fourth-order valence-electron chi connectivity index (χ4n) is 5.32. The first-order chi connectivity index (χ1) is 20.4. The van der Waals surface area contributed by atoms with E-state index in [9.17, 15) is 9.59 Å². The lowest BCUT2D eigenvalue weighted by atomic mass is 9.88. The van der Waals surface area contributed by atoms with Crippen LogP contribution in [0, 0.1) is 11.8 Å². The molecule has 6 nitrogen and oxygen atoms in total. The number of carbonyl (C=O) groups excluding carboxylic acids is 2. The van der Waals surface area contributed by atoms with Crippen LogP contribution < -0.4 is 9.47 Å². The summed E-state index contributed by atoms with van der Waals surface area (Å²) in [6.45, 7) is 19.3. The summed E-state index contributed by atoms with van der Waals surface area (Å²) >= 11 is 0. The minimum Gasteiger partial charge on any atom is -0.494 e. The van der Waals surface area contributed by atoms with Gasteiger partial charge in [0.1, 0.15) is 11.5 Å². The summed E-state index contributed by atoms with van der Waals surface area (Å²) in [6, 6.07) is 15.2. The second-order valence-electron chi connectivity index (χ2n) is 11.1. The lowest BCUT2D eigenvalue weighted by Gasteiger charge is -2.26. The summed E-state index contributed by atoms with van der Waals surface area (Å²) in [5.74, 6) is 1.87. The number of nitrogens with zero attached hydrogens (tertiary/aromatic N) is 2. The lowest BCUT2D eigenvalue weighted by molar-refractivity contribution is 0.0852. The Labute approximate surface area is 255 Å². The maximum absolute atomic E-state index is 13.6. The molecule has 0 aliphatic rings. The van der Waals surface area contributed by atoms with Crippen molar-refractivity contribution in [3.63, 3.8) is 0 Å². The average molecular weight is 581 g/mol. The molecule has 0 N–H and O–H groups in total. The molecule has 2 aromatic rings. The van der Waals surface area contributed by atoms with Crippen LogP contribution in [0.5, 0.6) is 11.5 Å². The molecule has 2 atom stereocenters. The molecule has 0 unspecified atom stereocenters. The highest BCUT2D eigenvalue weighted by atomic mass is 16.5. The molecule has 0 aromatic heterocycles. The second-order valence-corrected chi connectivity index (χ2v) is 11.1. The predicted octanol–water partition coefficient (Wildman–Crippen LogP) is 7.81. The summed E-state index contributed by atoms with van der Waals surface area (Å²) in [7, 11) is 0. The zero-order valence-corrected chi connectivity index (χ0v) is 27.2. The van der Waals surface area contributed by atoms with Crippen molar-refractivity contribution in [3.8, 4) is 11.5 Å². The number of ketones is 2. The standard InChI is InChI=1S/C36H56N2O4/c1-7-25-41-33-21-17-29(18-22-33)35(39)31(27-37(9-3)10-4)15-13-14-16-32(28-38(11-5)12-6)36(40)30-19-23-34(24-20-30)42-26-8-2/h17-24,31-32H,7-16,25-28H2,1-6H3/t31-,32+. The van der Waals surface area contributed by atoms with Crippen LogP contribution in [0.3, 0.4) is 0 Å². The van der Waals surface area contributed by atoms with Gasteiger partial charge in [0.2, 0.25) is 0 Å². The van der Waals surface area contributed by atoms with Gasteiger partial charge in [-0.3, -0.25) is 9.59 Å². The normalized spacial score (nSPS) is 12.9. The summed E-state index contributed by atoms with van der Waals surface area (Å²) in [6.07, 6.45) is 5.38. The molecule has 0 spiro atoms. The third-order valence-corrected chi connectivity index (χ3v) is 8.07. The molecule has 0 fully saturated rings. The van der Waals surface area contributed by atoms with Crippen molar-refractivity contribution in [1.29, 1.82) is 0 Å². The van der Waals surface area contributed by atoms with Gasteiger partial charge in [0.15, 0.2) is 11.6 Å². The maximum Gasteiger partial charge on any atom is 0.167 e. The molecule has 234 valence electrons. The van der Waals surface area contributed by atoms with Crippen molar-refractivity contribution in [2.45, 2.75) is 80.1 Å². The zero-order chi connectivity index (χ0) is 30.7. The zero-order valence-electron chi connectivity index (χ0n) is 27.2. The van der Waals surface area contributed by atoms with Gasteiger partial charge in [-0.15, -0.1) is 0 Å². The molecular formula is C36H56N2O4. The average Bonchev–Trinajstić information content (AvgIpc) is 3.03. The number of ether oxygens (including phenoxy) is 2. The fourth-order valence-corrected chi connectivity index (χ4v) is 5.32. The van der Waals surface area contributed by atoms with E-state index < -0.39 is 0 Å². The van der Waals surface area contributed by atoms with E-state index in [0.29, 0.717) is 13.2 Å². The molecule has 0 amide bonds. The number of benzene rings is 2. The van der Waals surface area contributed by atoms with Gasteiger partial charge in [-0.25, -0.2) is 0 Å². The van der Waals surface area contributed by atoms with Gasteiger partial charge < -0.3 is 19.3 Å². The van der Waals surface area contributed by atoms with Crippen LogP contribution in [0.4, 0.5) is 0 Å². The van der Waals surface area contributed by atoms with Crippen molar-refractivity contribution < 1.29 is 19.1 Å². The van der Waals surface area contributed by atoms with Gasteiger partial charge in [-0.2, -0.15) is 0 Å². The first kappa shape index (κ1) is 35.5. The van der Waals surface area contributed by atoms with Crippen molar-refractivity contribution in [2.24, 2.45) is 11.8 Å². The minimum atomic E-state index is -0.0695. The number of rotatable bonds is 23. The van der Waals surface area contributed by atoms with E-state index in [1.807, 2.05) is 48.5 Å². The molecule has 2 aromatic carbocycles. The van der Waals surface area contributed by atoms with Gasteiger partial charge in [0, 0.05) is 36.1 Å².